The van der Waals surface area contributed by atoms with E-state index in [2.05, 4.69) is 15.9 Å². The lowest BCUT2D eigenvalue weighted by molar-refractivity contribution is -0.119. The summed E-state index contributed by atoms with van der Waals surface area (Å²) in [5.74, 6) is -0.976. The highest BCUT2D eigenvalue weighted by Gasteiger charge is 2.40. The Labute approximate surface area is 160 Å². The number of amides is 1. The first-order chi connectivity index (χ1) is 11.7. The molecule has 0 aliphatic carbocycles. The second-order valence-corrected chi connectivity index (χ2v) is 9.08. The normalized spacial score (nSPS) is 20.2. The monoisotopic (exact) mass is 442 g/mol. The average molecular weight is 444 g/mol. The van der Waals surface area contributed by atoms with Crippen LogP contribution in [0.3, 0.4) is 0 Å². The minimum absolute atomic E-state index is 0.0246. The number of primary amides is 1. The number of rotatable bonds is 3. The molecule has 2 aromatic rings. The Bertz CT molecular complexity index is 949. The number of benzene rings is 2. The van der Waals surface area contributed by atoms with Gasteiger partial charge in [-0.3, -0.25) is 9.10 Å². The number of anilines is 1. The summed E-state index contributed by atoms with van der Waals surface area (Å²) in [6.45, 7) is 1.76. The van der Waals surface area contributed by atoms with Crippen molar-refractivity contribution in [2.45, 2.75) is 30.2 Å². The lowest BCUT2D eigenvalue weighted by atomic mass is 9.87. The zero-order valence-electron chi connectivity index (χ0n) is 13.3. The first-order valence-corrected chi connectivity index (χ1v) is 10.2. The van der Waals surface area contributed by atoms with Crippen molar-refractivity contribution >= 4 is 49.1 Å². The van der Waals surface area contributed by atoms with Crippen LogP contribution in [0.4, 0.5) is 5.69 Å². The number of sulfonamides is 1. The first-order valence-electron chi connectivity index (χ1n) is 7.61. The number of carbonyl (C=O) groups is 1. The molecule has 0 saturated heterocycles. The molecule has 2 unspecified atom stereocenters. The van der Waals surface area contributed by atoms with E-state index in [0.29, 0.717) is 22.1 Å². The summed E-state index contributed by atoms with van der Waals surface area (Å²) in [6.07, 6.45) is 0.319. The highest BCUT2D eigenvalue weighted by atomic mass is 79.9. The van der Waals surface area contributed by atoms with E-state index in [1.54, 1.807) is 43.3 Å². The van der Waals surface area contributed by atoms with Gasteiger partial charge < -0.3 is 5.73 Å². The van der Waals surface area contributed by atoms with Gasteiger partial charge in [-0.05, 0) is 43.2 Å². The van der Waals surface area contributed by atoms with Gasteiger partial charge in [0.15, 0.2) is 0 Å². The van der Waals surface area contributed by atoms with Crippen molar-refractivity contribution in [2.24, 2.45) is 5.73 Å². The van der Waals surface area contributed by atoms with Crippen LogP contribution in [0.25, 0.3) is 0 Å². The van der Waals surface area contributed by atoms with E-state index in [9.17, 15) is 13.2 Å². The van der Waals surface area contributed by atoms with Crippen LogP contribution in [-0.4, -0.2) is 20.4 Å². The number of hydrogen-bond acceptors (Lipinski definition) is 3. The Morgan fingerprint density at radius 1 is 1.28 bits per heavy atom. The number of para-hydroxylation sites is 1. The van der Waals surface area contributed by atoms with Crippen molar-refractivity contribution in [1.82, 2.24) is 0 Å². The van der Waals surface area contributed by atoms with Gasteiger partial charge in [0.2, 0.25) is 5.91 Å². The smallest absolute Gasteiger partial charge is 0.266 e. The molecule has 1 aliphatic rings. The molecule has 2 N–H and O–H groups in total. The van der Waals surface area contributed by atoms with Crippen LogP contribution in [-0.2, 0) is 14.8 Å². The molecule has 0 radical (unpaired) electrons. The fraction of sp³-hybridized carbons (Fsp3) is 0.235. The Kier molecular flexibility index (Phi) is 4.83. The van der Waals surface area contributed by atoms with Crippen molar-refractivity contribution < 1.29 is 13.2 Å². The van der Waals surface area contributed by atoms with Gasteiger partial charge >= 0.3 is 0 Å². The fourth-order valence-corrected chi connectivity index (χ4v) is 5.92. The third-order valence-electron chi connectivity index (χ3n) is 4.30. The molecule has 1 heterocycles. The Balaban J connectivity index is 2.18. The van der Waals surface area contributed by atoms with E-state index in [1.165, 1.54) is 10.4 Å². The van der Waals surface area contributed by atoms with Gasteiger partial charge in [0.1, 0.15) is 4.90 Å². The molecule has 132 valence electrons. The van der Waals surface area contributed by atoms with Crippen LogP contribution in [0.2, 0.25) is 5.02 Å². The summed E-state index contributed by atoms with van der Waals surface area (Å²) in [4.78, 5) is 11.8. The summed E-state index contributed by atoms with van der Waals surface area (Å²) < 4.78 is 28.6. The molecule has 0 bridgehead atoms. The lowest BCUT2D eigenvalue weighted by Crippen LogP contribution is -2.45. The van der Waals surface area contributed by atoms with Gasteiger partial charge in [-0.25, -0.2) is 8.42 Å². The third-order valence-corrected chi connectivity index (χ3v) is 7.21. The van der Waals surface area contributed by atoms with Crippen molar-refractivity contribution in [2.75, 3.05) is 4.31 Å². The van der Waals surface area contributed by atoms with Gasteiger partial charge in [0, 0.05) is 10.5 Å². The standard InChI is InChI=1S/C17H16BrClN2O3S/c1-10-8-13(17(20)22)12-4-2-3-5-15(12)21(10)25(23,24)16-7-6-11(18)9-14(16)19/h2-7,9-10,13H,8H2,1H3,(H2,20,22). The number of carbonyl (C=O) groups excluding carboxylic acids is 1. The quantitative estimate of drug-likeness (QED) is 0.786. The molecule has 2 aromatic carbocycles. The second kappa shape index (κ2) is 6.63. The van der Waals surface area contributed by atoms with Crippen LogP contribution in [0.1, 0.15) is 24.8 Å². The Morgan fingerprint density at radius 2 is 1.96 bits per heavy atom. The molecule has 25 heavy (non-hydrogen) atoms. The van der Waals surface area contributed by atoms with Crippen LogP contribution >= 0.6 is 27.5 Å². The number of hydrogen-bond donors (Lipinski definition) is 1. The molecule has 1 aliphatic heterocycles. The van der Waals surface area contributed by atoms with Crippen molar-refractivity contribution in [3.05, 3.63) is 57.5 Å². The predicted molar refractivity (Wildman–Crippen MR) is 101 cm³/mol. The largest absolute Gasteiger partial charge is 0.369 e. The van der Waals surface area contributed by atoms with E-state index in [1.807, 2.05) is 0 Å². The van der Waals surface area contributed by atoms with Crippen LogP contribution in [0.15, 0.2) is 51.8 Å². The molecule has 0 aromatic heterocycles. The van der Waals surface area contributed by atoms with Crippen molar-refractivity contribution in [3.63, 3.8) is 0 Å². The molecule has 0 spiro atoms. The van der Waals surface area contributed by atoms with Gasteiger partial charge in [0.05, 0.1) is 16.6 Å². The average Bonchev–Trinajstić information content (AvgIpc) is 2.53. The maximum Gasteiger partial charge on any atom is 0.266 e. The van der Waals surface area contributed by atoms with Crippen LogP contribution in [0.5, 0.6) is 0 Å². The second-order valence-electron chi connectivity index (χ2n) is 5.97. The molecular weight excluding hydrogens is 428 g/mol. The maximum absolute atomic E-state index is 13.3. The third kappa shape index (κ3) is 3.16. The van der Waals surface area contributed by atoms with E-state index in [4.69, 9.17) is 17.3 Å². The van der Waals surface area contributed by atoms with E-state index < -0.39 is 27.9 Å². The molecule has 3 rings (SSSR count). The lowest BCUT2D eigenvalue weighted by Gasteiger charge is -2.39. The van der Waals surface area contributed by atoms with Gasteiger partial charge in [-0.2, -0.15) is 0 Å². The van der Waals surface area contributed by atoms with Gasteiger partial charge in [-0.15, -0.1) is 0 Å². The zero-order valence-corrected chi connectivity index (χ0v) is 16.5. The first kappa shape index (κ1) is 18.2. The predicted octanol–water partition coefficient (Wildman–Crippen LogP) is 3.66. The summed E-state index contributed by atoms with van der Waals surface area (Å²) in [5.41, 5.74) is 6.60. The van der Waals surface area contributed by atoms with Crippen LogP contribution < -0.4 is 10.0 Å². The Morgan fingerprint density at radius 3 is 2.60 bits per heavy atom. The van der Waals surface area contributed by atoms with Crippen molar-refractivity contribution in [3.8, 4) is 0 Å². The van der Waals surface area contributed by atoms with E-state index >= 15 is 0 Å². The zero-order chi connectivity index (χ0) is 18.4. The molecule has 5 nitrogen and oxygen atoms in total. The highest BCUT2D eigenvalue weighted by Crippen LogP contribution is 2.42. The summed E-state index contributed by atoms with van der Waals surface area (Å²) >= 11 is 9.45. The molecule has 0 saturated carbocycles. The number of nitrogens with two attached hydrogens (primary N) is 1. The number of fused-ring (bicyclic) bond motifs is 1. The van der Waals surface area contributed by atoms with Gasteiger partial charge in [-0.1, -0.05) is 45.7 Å². The maximum atomic E-state index is 13.3. The minimum atomic E-state index is -3.89. The van der Waals surface area contributed by atoms with Gasteiger partial charge in [0.25, 0.3) is 10.0 Å². The summed E-state index contributed by atoms with van der Waals surface area (Å²) in [5, 5.41) is 0.135. The molecule has 2 atom stereocenters. The SMILES string of the molecule is CC1CC(C(N)=O)c2ccccc2N1S(=O)(=O)c1ccc(Br)cc1Cl. The number of halogens is 2. The van der Waals surface area contributed by atoms with E-state index in [-0.39, 0.29) is 9.92 Å². The fourth-order valence-electron chi connectivity index (χ4n) is 3.21. The number of nitrogens with zero attached hydrogens (tertiary/aromatic N) is 1. The molecule has 0 fully saturated rings. The highest BCUT2D eigenvalue weighted by molar-refractivity contribution is 9.10. The van der Waals surface area contributed by atoms with E-state index in [0.717, 1.165) is 0 Å². The molecular formula is C17H16BrClN2O3S. The summed E-state index contributed by atoms with van der Waals surface area (Å²) in [6, 6.07) is 11.1. The topological polar surface area (TPSA) is 80.5 Å². The molecule has 1 amide bonds. The van der Waals surface area contributed by atoms with Crippen molar-refractivity contribution in [1.29, 1.82) is 0 Å². The molecule has 8 heteroatoms. The minimum Gasteiger partial charge on any atom is -0.369 e. The van der Waals surface area contributed by atoms with Crippen LogP contribution in [0, 0.1) is 0 Å². The Hall–Kier alpha value is -1.57. The summed E-state index contributed by atoms with van der Waals surface area (Å²) in [7, 11) is -3.89.